The topological polar surface area (TPSA) is 96.6 Å². The fraction of sp³-hybridized carbons (Fsp3) is 0.333. The van der Waals surface area contributed by atoms with E-state index >= 15 is 0 Å². The summed E-state index contributed by atoms with van der Waals surface area (Å²) in [6, 6.07) is 8.10. The first-order chi connectivity index (χ1) is 17.6. The molecule has 1 fully saturated rings. The molecular weight excluding hydrogens is 473 g/mol. The zero-order chi connectivity index (χ0) is 26.3. The van der Waals surface area contributed by atoms with E-state index in [0.717, 1.165) is 11.1 Å². The van der Waals surface area contributed by atoms with Gasteiger partial charge in [0.2, 0.25) is 0 Å². The molecule has 0 spiro atoms. The number of halogens is 1. The molecule has 3 aromatic heterocycles. The Morgan fingerprint density at radius 3 is 2.38 bits per heavy atom. The predicted molar refractivity (Wildman–Crippen MR) is 136 cm³/mol. The number of carbonyl (C=O) groups is 2. The normalized spacial score (nSPS) is 15.4. The Morgan fingerprint density at radius 1 is 1.03 bits per heavy atom. The van der Waals surface area contributed by atoms with Crippen LogP contribution in [0.5, 0.6) is 0 Å². The maximum atomic E-state index is 13.7. The minimum atomic E-state index is -0.621. The quantitative estimate of drug-likeness (QED) is 0.422. The molecule has 37 heavy (non-hydrogen) atoms. The largest absolute Gasteiger partial charge is 0.334 e. The van der Waals surface area contributed by atoms with Crippen LogP contribution in [0.25, 0.3) is 16.9 Å². The van der Waals surface area contributed by atoms with Crippen molar-refractivity contribution < 1.29 is 14.0 Å². The van der Waals surface area contributed by atoms with Gasteiger partial charge in [-0.1, -0.05) is 13.8 Å². The van der Waals surface area contributed by atoms with Crippen LogP contribution in [0.15, 0.2) is 55.2 Å². The van der Waals surface area contributed by atoms with E-state index in [1.807, 2.05) is 19.9 Å². The fourth-order valence-electron chi connectivity index (χ4n) is 4.73. The van der Waals surface area contributed by atoms with E-state index in [-0.39, 0.29) is 29.2 Å². The average Bonchev–Trinajstić information content (AvgIpc) is 3.32. The van der Waals surface area contributed by atoms with Crippen LogP contribution in [-0.4, -0.2) is 71.4 Å². The van der Waals surface area contributed by atoms with Gasteiger partial charge in [-0.25, -0.2) is 23.9 Å². The molecule has 10 heteroatoms. The van der Waals surface area contributed by atoms with E-state index in [0.29, 0.717) is 36.5 Å². The lowest BCUT2D eigenvalue weighted by Gasteiger charge is -2.46. The summed E-state index contributed by atoms with van der Waals surface area (Å²) >= 11 is 0. The van der Waals surface area contributed by atoms with Crippen molar-refractivity contribution >= 4 is 17.5 Å². The Labute approximate surface area is 214 Å². The molecule has 0 aliphatic carbocycles. The van der Waals surface area contributed by atoms with Crippen molar-refractivity contribution in [3.05, 3.63) is 77.9 Å². The summed E-state index contributed by atoms with van der Waals surface area (Å²) in [4.78, 5) is 42.6. The van der Waals surface area contributed by atoms with Gasteiger partial charge >= 0.3 is 0 Å². The predicted octanol–water partition coefficient (Wildman–Crippen LogP) is 3.83. The molecule has 1 saturated heterocycles. The molecular formula is C27H28FN7O2. The number of rotatable bonds is 4. The monoisotopic (exact) mass is 501 g/mol. The highest BCUT2D eigenvalue weighted by Crippen LogP contribution is 2.28. The number of amides is 2. The van der Waals surface area contributed by atoms with Gasteiger partial charge in [-0.2, -0.15) is 5.10 Å². The van der Waals surface area contributed by atoms with Crippen molar-refractivity contribution in [3.8, 4) is 11.3 Å². The Bertz CT molecular complexity index is 1470. The number of imidazole rings is 1. The molecule has 9 nitrogen and oxygen atoms in total. The maximum absolute atomic E-state index is 13.7. The molecule has 1 aromatic carbocycles. The zero-order valence-corrected chi connectivity index (χ0v) is 21.2. The lowest BCUT2D eigenvalue weighted by molar-refractivity contribution is 0.0164. The second-order valence-corrected chi connectivity index (χ2v) is 10.2. The minimum absolute atomic E-state index is 0.128. The van der Waals surface area contributed by atoms with Gasteiger partial charge in [0.05, 0.1) is 23.0 Å². The molecule has 0 N–H and O–H groups in total. The smallest absolute Gasteiger partial charge is 0.274 e. The van der Waals surface area contributed by atoms with E-state index in [9.17, 15) is 14.0 Å². The molecule has 0 unspecified atom stereocenters. The molecule has 190 valence electrons. The first kappa shape index (κ1) is 24.5. The van der Waals surface area contributed by atoms with Gasteiger partial charge < -0.3 is 9.80 Å². The van der Waals surface area contributed by atoms with Crippen LogP contribution in [0.2, 0.25) is 0 Å². The van der Waals surface area contributed by atoms with E-state index < -0.39 is 5.54 Å². The number of piperazine rings is 1. The van der Waals surface area contributed by atoms with Gasteiger partial charge in [0.15, 0.2) is 5.65 Å². The van der Waals surface area contributed by atoms with Gasteiger partial charge in [-0.15, -0.1) is 0 Å². The standard InChI is InChI=1S/C27H28FN7O2/c1-17(2)21-11-22(18-5-7-20(28)8-6-18)32-35-14-23(31-24(21)35)26(37)34-10-9-33(15-27(34,3)4)25(36)19-12-29-16-30-13-19/h5-8,11-14,16-17H,9-10,15H2,1-4H3. The summed E-state index contributed by atoms with van der Waals surface area (Å²) in [6.45, 7) is 9.10. The van der Waals surface area contributed by atoms with Crippen LogP contribution in [0.4, 0.5) is 4.39 Å². The van der Waals surface area contributed by atoms with Crippen LogP contribution in [-0.2, 0) is 0 Å². The second kappa shape index (κ2) is 9.34. The van der Waals surface area contributed by atoms with Crippen molar-refractivity contribution in [2.24, 2.45) is 0 Å². The average molecular weight is 502 g/mol. The fourth-order valence-corrected chi connectivity index (χ4v) is 4.73. The van der Waals surface area contributed by atoms with Crippen molar-refractivity contribution in [1.82, 2.24) is 34.4 Å². The summed E-state index contributed by atoms with van der Waals surface area (Å²) in [7, 11) is 0. The molecule has 0 bridgehead atoms. The number of carbonyl (C=O) groups excluding carboxylic acids is 2. The first-order valence-corrected chi connectivity index (χ1v) is 12.2. The van der Waals surface area contributed by atoms with Crippen LogP contribution in [0.3, 0.4) is 0 Å². The van der Waals surface area contributed by atoms with E-state index in [1.165, 1.54) is 30.9 Å². The summed E-state index contributed by atoms with van der Waals surface area (Å²) in [5, 5.41) is 4.67. The Morgan fingerprint density at radius 2 is 1.73 bits per heavy atom. The van der Waals surface area contributed by atoms with Gasteiger partial charge in [-0.05, 0) is 50.1 Å². The molecule has 4 heterocycles. The van der Waals surface area contributed by atoms with Gasteiger partial charge in [0.25, 0.3) is 11.8 Å². The van der Waals surface area contributed by atoms with Crippen LogP contribution >= 0.6 is 0 Å². The number of benzene rings is 1. The maximum Gasteiger partial charge on any atom is 0.274 e. The number of aromatic nitrogens is 5. The van der Waals surface area contributed by atoms with Gasteiger partial charge in [0.1, 0.15) is 17.8 Å². The molecule has 0 saturated carbocycles. The summed E-state index contributed by atoms with van der Waals surface area (Å²) < 4.78 is 15.1. The lowest BCUT2D eigenvalue weighted by atomic mass is 9.97. The molecule has 1 aliphatic heterocycles. The Balaban J connectivity index is 1.44. The van der Waals surface area contributed by atoms with E-state index in [2.05, 4.69) is 33.9 Å². The summed E-state index contributed by atoms with van der Waals surface area (Å²) in [6.07, 6.45) is 6.02. The third-order valence-electron chi connectivity index (χ3n) is 6.68. The van der Waals surface area contributed by atoms with Gasteiger partial charge in [-0.3, -0.25) is 9.59 Å². The third-order valence-corrected chi connectivity index (χ3v) is 6.68. The summed E-state index contributed by atoms with van der Waals surface area (Å²) in [5.41, 5.74) is 3.08. The van der Waals surface area contributed by atoms with Gasteiger partial charge in [0, 0.05) is 43.2 Å². The second-order valence-electron chi connectivity index (χ2n) is 10.2. The van der Waals surface area contributed by atoms with Crippen molar-refractivity contribution in [3.63, 3.8) is 0 Å². The van der Waals surface area contributed by atoms with Crippen molar-refractivity contribution in [1.29, 1.82) is 0 Å². The zero-order valence-electron chi connectivity index (χ0n) is 21.2. The van der Waals surface area contributed by atoms with Crippen LogP contribution in [0.1, 0.15) is 60.0 Å². The third kappa shape index (κ3) is 4.66. The van der Waals surface area contributed by atoms with Crippen LogP contribution in [0, 0.1) is 5.82 Å². The molecule has 2 amide bonds. The number of hydrogen-bond acceptors (Lipinski definition) is 6. The SMILES string of the molecule is CC(C)c1cc(-c2ccc(F)cc2)nn2cc(C(=O)N3CCN(C(=O)c4cncnc4)CC3(C)C)nc12. The van der Waals surface area contributed by atoms with Crippen molar-refractivity contribution in [2.45, 2.75) is 39.2 Å². The minimum Gasteiger partial charge on any atom is -0.334 e. The molecule has 1 aliphatic rings. The van der Waals surface area contributed by atoms with E-state index in [4.69, 9.17) is 0 Å². The number of hydrogen-bond donors (Lipinski definition) is 0. The number of fused-ring (bicyclic) bond motifs is 1. The Hall–Kier alpha value is -4.21. The van der Waals surface area contributed by atoms with Crippen molar-refractivity contribution in [2.75, 3.05) is 19.6 Å². The highest BCUT2D eigenvalue weighted by molar-refractivity contribution is 5.95. The highest BCUT2D eigenvalue weighted by Gasteiger charge is 2.39. The molecule has 0 atom stereocenters. The molecule has 4 aromatic rings. The number of nitrogens with zero attached hydrogens (tertiary/aromatic N) is 7. The molecule has 5 rings (SSSR count). The first-order valence-electron chi connectivity index (χ1n) is 12.2. The molecule has 0 radical (unpaired) electrons. The Kier molecular flexibility index (Phi) is 6.18. The van der Waals surface area contributed by atoms with Crippen LogP contribution < -0.4 is 0 Å². The van der Waals surface area contributed by atoms with E-state index in [1.54, 1.807) is 32.6 Å². The highest BCUT2D eigenvalue weighted by atomic mass is 19.1. The summed E-state index contributed by atoms with van der Waals surface area (Å²) in [5.74, 6) is -0.565. The lowest BCUT2D eigenvalue weighted by Crippen LogP contribution is -2.62.